The monoisotopic (exact) mass is 467 g/mol. The molecule has 4 heterocycles. The number of ether oxygens (including phenoxy) is 2. The fourth-order valence-corrected chi connectivity index (χ4v) is 5.74. The van der Waals surface area contributed by atoms with Crippen molar-refractivity contribution in [1.82, 2.24) is 15.1 Å². The maximum Gasteiger partial charge on any atom is 0.234 e. The molecule has 5 unspecified atom stereocenters. The highest BCUT2D eigenvalue weighted by Crippen LogP contribution is 2.32. The highest BCUT2D eigenvalue weighted by Gasteiger charge is 2.37. The highest BCUT2D eigenvalue weighted by molar-refractivity contribution is 5.96. The number of nitrogens with zero attached hydrogens (tertiary/aromatic N) is 3. The average molecular weight is 468 g/mol. The molecule has 0 aromatic heterocycles. The minimum atomic E-state index is -0.316. The molecular formula is C26H37N5O3. The molecule has 1 saturated heterocycles. The van der Waals surface area contributed by atoms with Crippen molar-refractivity contribution in [2.24, 2.45) is 16.6 Å². The first-order chi connectivity index (χ1) is 16.7. The predicted octanol–water partition coefficient (Wildman–Crippen LogP) is 2.41. The van der Waals surface area contributed by atoms with Crippen LogP contribution in [0, 0.1) is 5.92 Å². The molecule has 2 fully saturated rings. The van der Waals surface area contributed by atoms with E-state index in [4.69, 9.17) is 20.2 Å². The number of amides is 1. The van der Waals surface area contributed by atoms with Crippen LogP contribution in [-0.2, 0) is 14.3 Å². The number of carbonyl (C=O) groups is 1. The lowest BCUT2D eigenvalue weighted by Crippen LogP contribution is -2.43. The van der Waals surface area contributed by atoms with Crippen LogP contribution in [-0.4, -0.2) is 72.7 Å². The summed E-state index contributed by atoms with van der Waals surface area (Å²) in [7, 11) is 0. The van der Waals surface area contributed by atoms with Crippen LogP contribution < -0.4 is 11.1 Å². The van der Waals surface area contributed by atoms with Crippen molar-refractivity contribution in [3.63, 3.8) is 0 Å². The van der Waals surface area contributed by atoms with Gasteiger partial charge in [0, 0.05) is 37.8 Å². The van der Waals surface area contributed by atoms with Crippen LogP contribution in [0.1, 0.15) is 44.9 Å². The van der Waals surface area contributed by atoms with Gasteiger partial charge in [-0.05, 0) is 50.2 Å². The van der Waals surface area contributed by atoms with Gasteiger partial charge >= 0.3 is 0 Å². The average Bonchev–Trinajstić information content (AvgIpc) is 3.45. The Labute approximate surface area is 202 Å². The number of aliphatic imine (C=N–C) groups is 1. The molecule has 184 valence electrons. The molecule has 5 aliphatic rings. The smallest absolute Gasteiger partial charge is 0.234 e. The van der Waals surface area contributed by atoms with Crippen molar-refractivity contribution < 1.29 is 14.3 Å². The molecule has 4 aliphatic heterocycles. The van der Waals surface area contributed by atoms with Crippen LogP contribution in [0.3, 0.4) is 0 Å². The van der Waals surface area contributed by atoms with Gasteiger partial charge in [0.25, 0.3) is 0 Å². The molecule has 2 bridgehead atoms. The number of primary amides is 1. The van der Waals surface area contributed by atoms with E-state index in [1.54, 1.807) is 0 Å². The van der Waals surface area contributed by atoms with Gasteiger partial charge in [0.05, 0.1) is 25.4 Å². The Morgan fingerprint density at radius 3 is 3.06 bits per heavy atom. The molecule has 34 heavy (non-hydrogen) atoms. The van der Waals surface area contributed by atoms with E-state index in [9.17, 15) is 4.79 Å². The standard InChI is InChI=1S/C26H37N5O3/c27-25(32)22-15-21-17-30(22)14-12-28-18-33-23-10-6-9-19(23)7-2-1-3-8-20-16-31-13-5-4-11-24(31)29-26(20)34-21/h1,3-5,11,13,19,21-23,28H,2,6-10,12,14-18H2,(H2,27,32)/b3-1-. The van der Waals surface area contributed by atoms with Crippen LogP contribution in [0.15, 0.2) is 53.0 Å². The van der Waals surface area contributed by atoms with E-state index in [2.05, 4.69) is 33.5 Å². The van der Waals surface area contributed by atoms with Crippen molar-refractivity contribution >= 4 is 11.7 Å². The molecule has 1 amide bonds. The Kier molecular flexibility index (Phi) is 7.47. The third-order valence-electron chi connectivity index (χ3n) is 7.57. The molecule has 0 aromatic carbocycles. The first-order valence-corrected chi connectivity index (χ1v) is 12.8. The molecule has 1 saturated carbocycles. The summed E-state index contributed by atoms with van der Waals surface area (Å²) in [6, 6.07) is -0.316. The van der Waals surface area contributed by atoms with E-state index in [-0.39, 0.29) is 18.1 Å². The third-order valence-corrected chi connectivity index (χ3v) is 7.57. The van der Waals surface area contributed by atoms with Gasteiger partial charge in [-0.2, -0.15) is 4.99 Å². The normalized spacial score (nSPS) is 35.4. The summed E-state index contributed by atoms with van der Waals surface area (Å²) < 4.78 is 12.6. The lowest BCUT2D eigenvalue weighted by molar-refractivity contribution is -0.122. The molecule has 5 atom stereocenters. The van der Waals surface area contributed by atoms with Crippen molar-refractivity contribution in [3.05, 3.63) is 48.0 Å². The number of allylic oxidation sites excluding steroid dienone is 4. The molecule has 0 radical (unpaired) electrons. The second-order valence-electron chi connectivity index (χ2n) is 9.89. The van der Waals surface area contributed by atoms with Crippen LogP contribution in [0.4, 0.5) is 0 Å². The van der Waals surface area contributed by atoms with Gasteiger partial charge < -0.3 is 20.1 Å². The van der Waals surface area contributed by atoms with E-state index >= 15 is 0 Å². The highest BCUT2D eigenvalue weighted by atomic mass is 16.5. The van der Waals surface area contributed by atoms with Crippen molar-refractivity contribution in [2.45, 2.75) is 63.2 Å². The number of hydrogen-bond acceptors (Lipinski definition) is 7. The second-order valence-corrected chi connectivity index (χ2v) is 9.89. The zero-order valence-electron chi connectivity index (χ0n) is 19.9. The Balaban J connectivity index is 1.35. The maximum absolute atomic E-state index is 12.2. The largest absolute Gasteiger partial charge is 0.473 e. The van der Waals surface area contributed by atoms with Gasteiger partial charge in [-0.1, -0.05) is 24.6 Å². The zero-order chi connectivity index (χ0) is 23.3. The number of amidine groups is 1. The predicted molar refractivity (Wildman–Crippen MR) is 132 cm³/mol. The van der Waals surface area contributed by atoms with E-state index < -0.39 is 0 Å². The minimum Gasteiger partial charge on any atom is -0.473 e. The molecular weight excluding hydrogens is 430 g/mol. The first kappa shape index (κ1) is 23.3. The van der Waals surface area contributed by atoms with Crippen molar-refractivity contribution in [3.8, 4) is 0 Å². The Morgan fingerprint density at radius 1 is 1.21 bits per heavy atom. The van der Waals surface area contributed by atoms with Crippen LogP contribution in [0.2, 0.25) is 0 Å². The molecule has 5 rings (SSSR count). The zero-order valence-corrected chi connectivity index (χ0v) is 19.9. The van der Waals surface area contributed by atoms with Crippen LogP contribution in [0.5, 0.6) is 0 Å². The third kappa shape index (κ3) is 5.45. The number of hydrogen-bond donors (Lipinski definition) is 2. The summed E-state index contributed by atoms with van der Waals surface area (Å²) in [5.41, 5.74) is 6.91. The van der Waals surface area contributed by atoms with Gasteiger partial charge in [-0.25, -0.2) is 0 Å². The van der Waals surface area contributed by atoms with Gasteiger partial charge in [0.15, 0.2) is 0 Å². The van der Waals surface area contributed by atoms with Gasteiger partial charge in [-0.15, -0.1) is 0 Å². The van der Waals surface area contributed by atoms with E-state index in [0.717, 1.165) is 44.7 Å². The number of nitrogens with one attached hydrogen (secondary N) is 1. The summed E-state index contributed by atoms with van der Waals surface area (Å²) in [5, 5.41) is 3.40. The molecule has 8 heteroatoms. The Morgan fingerprint density at radius 2 is 2.15 bits per heavy atom. The van der Waals surface area contributed by atoms with Gasteiger partial charge in [0.2, 0.25) is 11.8 Å². The van der Waals surface area contributed by atoms with Crippen molar-refractivity contribution in [1.29, 1.82) is 0 Å². The van der Waals surface area contributed by atoms with Crippen molar-refractivity contribution in [2.75, 3.05) is 32.9 Å². The van der Waals surface area contributed by atoms with Gasteiger partial charge in [0.1, 0.15) is 11.9 Å². The summed E-state index contributed by atoms with van der Waals surface area (Å²) in [4.78, 5) is 21.3. The molecule has 1 aliphatic carbocycles. The topological polar surface area (TPSA) is 92.4 Å². The van der Waals surface area contributed by atoms with E-state index in [0.29, 0.717) is 37.6 Å². The fourth-order valence-electron chi connectivity index (χ4n) is 5.74. The minimum absolute atomic E-state index is 0.111. The SMILES string of the molecule is NC(=O)C1CC2CN1CCNCOC1CCCC1CC/C=C\CC1=C(N=C3C=CC=CN3C1)O2. The van der Waals surface area contributed by atoms with E-state index in [1.807, 2.05) is 18.2 Å². The second kappa shape index (κ2) is 10.9. The summed E-state index contributed by atoms with van der Waals surface area (Å²) in [6.45, 7) is 3.46. The summed E-state index contributed by atoms with van der Waals surface area (Å²) in [6.07, 6.45) is 20.2. The molecule has 0 aromatic rings. The van der Waals surface area contributed by atoms with Gasteiger partial charge in [-0.3, -0.25) is 15.0 Å². The summed E-state index contributed by atoms with van der Waals surface area (Å²) >= 11 is 0. The lowest BCUT2D eigenvalue weighted by Gasteiger charge is -2.30. The summed E-state index contributed by atoms with van der Waals surface area (Å²) in [5.74, 6) is 1.94. The first-order valence-electron chi connectivity index (χ1n) is 12.8. The van der Waals surface area contributed by atoms with Crippen LogP contribution >= 0.6 is 0 Å². The number of fused-ring (bicyclic) bond motifs is 4. The Bertz CT molecular complexity index is 908. The fraction of sp³-hybridized carbons (Fsp3) is 0.615. The Hall–Kier alpha value is -2.42. The maximum atomic E-state index is 12.2. The quantitative estimate of drug-likeness (QED) is 0.576. The lowest BCUT2D eigenvalue weighted by atomic mass is 9.99. The number of nitrogens with two attached hydrogens (primary N) is 1. The number of rotatable bonds is 1. The van der Waals surface area contributed by atoms with Crippen LogP contribution in [0.25, 0.3) is 0 Å². The molecule has 0 spiro atoms. The number of carbonyl (C=O) groups excluding carboxylic acids is 1. The van der Waals surface area contributed by atoms with E-state index in [1.165, 1.54) is 24.8 Å². The molecule has 8 nitrogen and oxygen atoms in total. The molecule has 3 N–H and O–H groups in total.